The van der Waals surface area contributed by atoms with E-state index in [1.165, 1.54) is 22.1 Å². The molecular formula is C19H27NO2S. The summed E-state index contributed by atoms with van der Waals surface area (Å²) in [5, 5.41) is 17.2. The van der Waals surface area contributed by atoms with Crippen LogP contribution in [0.4, 0.5) is 0 Å². The maximum atomic E-state index is 10.4. The topological polar surface area (TPSA) is 41.5 Å². The van der Waals surface area contributed by atoms with Gasteiger partial charge < -0.3 is 15.2 Å². The third-order valence-electron chi connectivity index (χ3n) is 5.01. The highest BCUT2D eigenvalue weighted by molar-refractivity contribution is 7.17. The van der Waals surface area contributed by atoms with Crippen LogP contribution in [0.1, 0.15) is 43.8 Å². The fourth-order valence-electron chi connectivity index (χ4n) is 3.65. The van der Waals surface area contributed by atoms with Crippen LogP contribution in [0.2, 0.25) is 0 Å². The number of thiophene rings is 1. The number of hydrogen-bond acceptors (Lipinski definition) is 4. The number of aliphatic hydroxyl groups excluding tert-OH is 1. The van der Waals surface area contributed by atoms with Crippen LogP contribution in [-0.4, -0.2) is 31.4 Å². The molecule has 1 saturated heterocycles. The molecule has 23 heavy (non-hydrogen) atoms. The summed E-state index contributed by atoms with van der Waals surface area (Å²) < 4.78 is 7.07. The first kappa shape index (κ1) is 16.9. The van der Waals surface area contributed by atoms with Crippen molar-refractivity contribution in [2.24, 2.45) is 5.92 Å². The van der Waals surface area contributed by atoms with Crippen LogP contribution in [0, 0.1) is 5.92 Å². The van der Waals surface area contributed by atoms with Crippen LogP contribution in [0.15, 0.2) is 29.6 Å². The predicted molar refractivity (Wildman–Crippen MR) is 97.0 cm³/mol. The highest BCUT2D eigenvalue weighted by atomic mass is 32.1. The Labute approximate surface area is 142 Å². The average Bonchev–Trinajstić information content (AvgIpc) is 3.08. The smallest absolute Gasteiger partial charge is 0.0827 e. The van der Waals surface area contributed by atoms with Crippen molar-refractivity contribution in [3.8, 4) is 0 Å². The van der Waals surface area contributed by atoms with Gasteiger partial charge in [0.1, 0.15) is 0 Å². The zero-order valence-electron chi connectivity index (χ0n) is 13.8. The van der Waals surface area contributed by atoms with Gasteiger partial charge in [0.2, 0.25) is 0 Å². The van der Waals surface area contributed by atoms with Crippen molar-refractivity contribution in [3.63, 3.8) is 0 Å². The van der Waals surface area contributed by atoms with Crippen LogP contribution in [0.3, 0.4) is 0 Å². The number of methoxy groups -OCH3 is 1. The Balaban J connectivity index is 1.56. The zero-order chi connectivity index (χ0) is 16.1. The van der Waals surface area contributed by atoms with Crippen molar-refractivity contribution in [1.82, 2.24) is 5.32 Å². The highest BCUT2D eigenvalue weighted by Gasteiger charge is 2.22. The van der Waals surface area contributed by atoms with Gasteiger partial charge in [-0.1, -0.05) is 12.1 Å². The Morgan fingerprint density at radius 1 is 1.35 bits per heavy atom. The first-order valence-corrected chi connectivity index (χ1v) is 9.55. The molecule has 1 fully saturated rings. The van der Waals surface area contributed by atoms with Crippen LogP contribution in [0.25, 0.3) is 10.1 Å². The summed E-state index contributed by atoms with van der Waals surface area (Å²) in [5.74, 6) is 0.421. The van der Waals surface area contributed by atoms with E-state index in [1.807, 2.05) is 0 Å². The number of aliphatic hydroxyl groups is 1. The number of ether oxygens (including phenoxy) is 1. The lowest BCUT2D eigenvalue weighted by Gasteiger charge is -2.27. The van der Waals surface area contributed by atoms with Crippen LogP contribution < -0.4 is 5.32 Å². The van der Waals surface area contributed by atoms with Gasteiger partial charge in [0, 0.05) is 18.4 Å². The van der Waals surface area contributed by atoms with Gasteiger partial charge in [-0.15, -0.1) is 11.3 Å². The SMILES string of the molecule is COC(CCCC(O)[C@@H]1CCCNC1)c1cccc2sccc12. The molecule has 3 atom stereocenters. The van der Waals surface area contributed by atoms with E-state index < -0.39 is 0 Å². The van der Waals surface area contributed by atoms with Gasteiger partial charge in [-0.25, -0.2) is 0 Å². The van der Waals surface area contributed by atoms with E-state index in [9.17, 15) is 5.11 Å². The molecule has 0 bridgehead atoms. The molecule has 3 rings (SSSR count). The van der Waals surface area contributed by atoms with Crippen LogP contribution in [-0.2, 0) is 4.74 Å². The normalized spacial score (nSPS) is 21.4. The monoisotopic (exact) mass is 333 g/mol. The maximum absolute atomic E-state index is 10.4. The minimum absolute atomic E-state index is 0.116. The first-order valence-electron chi connectivity index (χ1n) is 8.67. The van der Waals surface area contributed by atoms with Crippen molar-refractivity contribution < 1.29 is 9.84 Å². The van der Waals surface area contributed by atoms with Crippen LogP contribution >= 0.6 is 11.3 Å². The molecule has 0 aliphatic carbocycles. The predicted octanol–water partition coefficient (Wildman–Crippen LogP) is 4.12. The lowest BCUT2D eigenvalue weighted by atomic mass is 9.90. The van der Waals surface area contributed by atoms with E-state index in [0.29, 0.717) is 5.92 Å². The summed E-state index contributed by atoms with van der Waals surface area (Å²) in [4.78, 5) is 0. The van der Waals surface area contributed by atoms with Gasteiger partial charge >= 0.3 is 0 Å². The van der Waals surface area contributed by atoms with E-state index in [4.69, 9.17) is 4.74 Å². The Morgan fingerprint density at radius 3 is 3.04 bits per heavy atom. The lowest BCUT2D eigenvalue weighted by Crippen LogP contribution is -2.36. The number of fused-ring (bicyclic) bond motifs is 1. The fraction of sp³-hybridized carbons (Fsp3) is 0.579. The third kappa shape index (κ3) is 4.13. The minimum Gasteiger partial charge on any atom is -0.393 e. The zero-order valence-corrected chi connectivity index (χ0v) is 14.6. The molecule has 0 amide bonds. The molecule has 3 nitrogen and oxygen atoms in total. The van der Waals surface area contributed by atoms with Gasteiger partial charge in [0.05, 0.1) is 12.2 Å². The van der Waals surface area contributed by atoms with Crippen molar-refractivity contribution in [1.29, 1.82) is 0 Å². The number of nitrogens with one attached hydrogen (secondary N) is 1. The summed E-state index contributed by atoms with van der Waals surface area (Å²) in [6.07, 6.45) is 5.09. The molecule has 2 N–H and O–H groups in total. The van der Waals surface area contributed by atoms with Crippen molar-refractivity contribution in [3.05, 3.63) is 35.2 Å². The quantitative estimate of drug-likeness (QED) is 0.801. The van der Waals surface area contributed by atoms with E-state index in [0.717, 1.165) is 38.8 Å². The van der Waals surface area contributed by atoms with E-state index in [-0.39, 0.29) is 12.2 Å². The second-order valence-electron chi connectivity index (χ2n) is 6.51. The van der Waals surface area contributed by atoms with E-state index in [1.54, 1.807) is 18.4 Å². The van der Waals surface area contributed by atoms with Gasteiger partial charge in [0.15, 0.2) is 0 Å². The minimum atomic E-state index is -0.183. The number of piperidine rings is 1. The Morgan fingerprint density at radius 2 is 2.26 bits per heavy atom. The fourth-order valence-corrected chi connectivity index (χ4v) is 4.47. The largest absolute Gasteiger partial charge is 0.393 e. The second-order valence-corrected chi connectivity index (χ2v) is 7.46. The molecule has 126 valence electrons. The van der Waals surface area contributed by atoms with Crippen molar-refractivity contribution in [2.45, 2.75) is 44.3 Å². The van der Waals surface area contributed by atoms with Gasteiger partial charge in [-0.2, -0.15) is 0 Å². The number of hydrogen-bond donors (Lipinski definition) is 2. The molecule has 0 saturated carbocycles. The molecule has 1 aromatic heterocycles. The van der Waals surface area contributed by atoms with Gasteiger partial charge in [-0.05, 0) is 73.0 Å². The molecular weight excluding hydrogens is 306 g/mol. The average molecular weight is 333 g/mol. The number of rotatable bonds is 7. The molecule has 1 aliphatic heterocycles. The van der Waals surface area contributed by atoms with Crippen molar-refractivity contribution in [2.75, 3.05) is 20.2 Å². The molecule has 0 spiro atoms. The molecule has 1 aromatic carbocycles. The summed E-state index contributed by atoms with van der Waals surface area (Å²) in [5.41, 5.74) is 1.28. The Kier molecular flexibility index (Phi) is 6.06. The van der Waals surface area contributed by atoms with Crippen LogP contribution in [0.5, 0.6) is 0 Å². The standard InChI is InChI=1S/C19H27NO2S/c1-22-18(15-6-2-9-19-16(15)10-12-23-19)8-3-7-17(21)14-5-4-11-20-13-14/h2,6,9-10,12,14,17-18,20-21H,3-5,7-8,11,13H2,1H3/t14-,17?,18?/m1/s1. The second kappa shape index (κ2) is 8.25. The maximum Gasteiger partial charge on any atom is 0.0827 e. The summed E-state index contributed by atoms with van der Waals surface area (Å²) in [6.45, 7) is 2.06. The van der Waals surface area contributed by atoms with Crippen molar-refractivity contribution >= 4 is 21.4 Å². The van der Waals surface area contributed by atoms with E-state index in [2.05, 4.69) is 35.0 Å². The molecule has 0 radical (unpaired) electrons. The molecule has 1 aliphatic rings. The molecule has 2 unspecified atom stereocenters. The Hall–Kier alpha value is -0.940. The number of benzene rings is 1. The Bertz CT molecular complexity index is 606. The molecule has 2 aromatic rings. The summed E-state index contributed by atoms with van der Waals surface area (Å²) >= 11 is 1.77. The van der Waals surface area contributed by atoms with E-state index >= 15 is 0 Å². The lowest BCUT2D eigenvalue weighted by molar-refractivity contribution is 0.0649. The summed E-state index contributed by atoms with van der Waals surface area (Å²) in [7, 11) is 1.79. The van der Waals surface area contributed by atoms with Gasteiger partial charge in [0.25, 0.3) is 0 Å². The molecule has 4 heteroatoms. The highest BCUT2D eigenvalue weighted by Crippen LogP contribution is 2.32. The molecule has 2 heterocycles. The first-order chi connectivity index (χ1) is 11.3. The summed E-state index contributed by atoms with van der Waals surface area (Å²) in [6, 6.07) is 8.63. The van der Waals surface area contributed by atoms with Gasteiger partial charge in [-0.3, -0.25) is 0 Å². The third-order valence-corrected chi connectivity index (χ3v) is 5.89.